The van der Waals surface area contributed by atoms with Crippen molar-refractivity contribution in [3.05, 3.63) is 45.8 Å². The molecule has 0 aliphatic rings. The average Bonchev–Trinajstić information content (AvgIpc) is 2.76. The van der Waals surface area contributed by atoms with Gasteiger partial charge in [-0.15, -0.1) is 0 Å². The molecule has 0 spiro atoms. The van der Waals surface area contributed by atoms with Crippen LogP contribution in [-0.4, -0.2) is 15.5 Å². The summed E-state index contributed by atoms with van der Waals surface area (Å²) < 4.78 is 33.8. The maximum Gasteiger partial charge on any atom is 0.265 e. The lowest BCUT2D eigenvalue weighted by Crippen LogP contribution is -2.14. The molecule has 114 valence electrons. The fraction of sp³-hybridized carbons (Fsp3) is 0.286. The molecule has 0 unspecified atom stereocenters. The molecule has 0 saturated carbocycles. The van der Waals surface area contributed by atoms with Gasteiger partial charge in [0.15, 0.2) is 0 Å². The molecule has 1 aromatic carbocycles. The summed E-state index contributed by atoms with van der Waals surface area (Å²) in [5.74, 6) is 0.960. The highest BCUT2D eigenvalue weighted by atomic mass is 79.9. The molecule has 0 aliphatic carbocycles. The molecular weight excluding hydrogens is 356 g/mol. The minimum atomic E-state index is -3.67. The molecule has 1 heterocycles. The van der Waals surface area contributed by atoms with E-state index in [1.807, 2.05) is 19.1 Å². The van der Waals surface area contributed by atoms with Crippen molar-refractivity contribution in [2.75, 3.05) is 11.8 Å². The summed E-state index contributed by atoms with van der Waals surface area (Å²) in [6.45, 7) is 3.96. The SMILES string of the molecule is CNCc1cc(S(=O)(=O)Nc2cc(Br)ccc2C)c(C)o1. The Kier molecular flexibility index (Phi) is 4.75. The van der Waals surface area contributed by atoms with Gasteiger partial charge in [0.05, 0.1) is 12.2 Å². The lowest BCUT2D eigenvalue weighted by atomic mass is 10.2. The third-order valence-electron chi connectivity index (χ3n) is 3.01. The fourth-order valence-corrected chi connectivity index (χ4v) is 3.64. The molecule has 0 fully saturated rings. The summed E-state index contributed by atoms with van der Waals surface area (Å²) >= 11 is 3.34. The van der Waals surface area contributed by atoms with Crippen LogP contribution < -0.4 is 10.0 Å². The van der Waals surface area contributed by atoms with Gasteiger partial charge in [-0.1, -0.05) is 22.0 Å². The van der Waals surface area contributed by atoms with Crippen molar-refractivity contribution in [1.82, 2.24) is 5.32 Å². The van der Waals surface area contributed by atoms with Gasteiger partial charge >= 0.3 is 0 Å². The van der Waals surface area contributed by atoms with Gasteiger partial charge in [-0.05, 0) is 38.6 Å². The van der Waals surface area contributed by atoms with Crippen LogP contribution in [0.4, 0.5) is 5.69 Å². The topological polar surface area (TPSA) is 71.3 Å². The number of halogens is 1. The predicted molar refractivity (Wildman–Crippen MR) is 85.9 cm³/mol. The second-order valence-electron chi connectivity index (χ2n) is 4.73. The Morgan fingerprint density at radius 1 is 1.24 bits per heavy atom. The molecule has 1 aromatic heterocycles. The van der Waals surface area contributed by atoms with E-state index in [0.29, 0.717) is 23.8 Å². The predicted octanol–water partition coefficient (Wildman–Crippen LogP) is 3.18. The Balaban J connectivity index is 2.36. The quantitative estimate of drug-likeness (QED) is 0.845. The van der Waals surface area contributed by atoms with E-state index in [1.54, 1.807) is 26.1 Å². The first-order valence-electron chi connectivity index (χ1n) is 6.36. The monoisotopic (exact) mass is 372 g/mol. The third-order valence-corrected chi connectivity index (χ3v) is 4.97. The minimum Gasteiger partial charge on any atom is -0.464 e. The minimum absolute atomic E-state index is 0.159. The van der Waals surface area contributed by atoms with Crippen LogP contribution in [0, 0.1) is 13.8 Å². The summed E-state index contributed by atoms with van der Waals surface area (Å²) in [6.07, 6.45) is 0. The van der Waals surface area contributed by atoms with Gasteiger partial charge in [-0.25, -0.2) is 8.42 Å². The molecule has 0 saturated heterocycles. The smallest absolute Gasteiger partial charge is 0.265 e. The van der Waals surface area contributed by atoms with Crippen molar-refractivity contribution in [3.63, 3.8) is 0 Å². The second-order valence-corrected chi connectivity index (χ2v) is 7.29. The van der Waals surface area contributed by atoms with Crippen molar-refractivity contribution in [3.8, 4) is 0 Å². The largest absolute Gasteiger partial charge is 0.464 e. The first-order chi connectivity index (χ1) is 9.83. The molecule has 2 rings (SSSR count). The molecular formula is C14H17BrN2O3S. The number of anilines is 1. The van der Waals surface area contributed by atoms with Crippen molar-refractivity contribution in [2.24, 2.45) is 0 Å². The number of hydrogen-bond acceptors (Lipinski definition) is 4. The lowest BCUT2D eigenvalue weighted by Gasteiger charge is -2.10. The highest BCUT2D eigenvalue weighted by Crippen LogP contribution is 2.26. The van der Waals surface area contributed by atoms with E-state index >= 15 is 0 Å². The van der Waals surface area contributed by atoms with Gasteiger partial charge in [0.2, 0.25) is 0 Å². The molecule has 0 atom stereocenters. The number of aryl methyl sites for hydroxylation is 2. The van der Waals surface area contributed by atoms with Crippen LogP contribution in [0.1, 0.15) is 17.1 Å². The van der Waals surface area contributed by atoms with E-state index in [0.717, 1.165) is 10.0 Å². The fourth-order valence-electron chi connectivity index (χ4n) is 1.96. The van der Waals surface area contributed by atoms with E-state index in [4.69, 9.17) is 4.42 Å². The standard InChI is InChI=1S/C14H17BrN2O3S/c1-9-4-5-11(15)6-13(9)17-21(18,19)14-7-12(8-16-3)20-10(14)2/h4-7,16-17H,8H2,1-3H3. The maximum atomic E-state index is 12.5. The molecule has 21 heavy (non-hydrogen) atoms. The third kappa shape index (κ3) is 3.66. The van der Waals surface area contributed by atoms with E-state index in [9.17, 15) is 8.42 Å². The summed E-state index contributed by atoms with van der Waals surface area (Å²) in [5, 5.41) is 2.93. The van der Waals surface area contributed by atoms with Gasteiger partial charge < -0.3 is 9.73 Å². The normalized spacial score (nSPS) is 11.6. The Morgan fingerprint density at radius 3 is 2.62 bits per heavy atom. The van der Waals surface area contributed by atoms with Crippen LogP contribution in [0.15, 0.2) is 38.1 Å². The molecule has 5 nitrogen and oxygen atoms in total. The molecule has 0 radical (unpaired) electrons. The van der Waals surface area contributed by atoms with Gasteiger partial charge in [0.25, 0.3) is 10.0 Å². The van der Waals surface area contributed by atoms with E-state index in [2.05, 4.69) is 26.0 Å². The van der Waals surface area contributed by atoms with Crippen molar-refractivity contribution in [2.45, 2.75) is 25.3 Å². The van der Waals surface area contributed by atoms with Crippen molar-refractivity contribution >= 4 is 31.6 Å². The number of rotatable bonds is 5. The molecule has 2 N–H and O–H groups in total. The zero-order valence-corrected chi connectivity index (χ0v) is 14.4. The van der Waals surface area contributed by atoms with Crippen LogP contribution >= 0.6 is 15.9 Å². The average molecular weight is 373 g/mol. The van der Waals surface area contributed by atoms with Crippen LogP contribution in [0.25, 0.3) is 0 Å². The van der Waals surface area contributed by atoms with Crippen molar-refractivity contribution < 1.29 is 12.8 Å². The highest BCUT2D eigenvalue weighted by Gasteiger charge is 2.22. The van der Waals surface area contributed by atoms with Crippen LogP contribution in [0.3, 0.4) is 0 Å². The molecule has 0 bridgehead atoms. The van der Waals surface area contributed by atoms with E-state index < -0.39 is 10.0 Å². The zero-order valence-electron chi connectivity index (χ0n) is 12.0. The maximum absolute atomic E-state index is 12.5. The molecule has 2 aromatic rings. The first-order valence-corrected chi connectivity index (χ1v) is 8.64. The second kappa shape index (κ2) is 6.21. The number of sulfonamides is 1. The van der Waals surface area contributed by atoms with Gasteiger partial charge in [-0.2, -0.15) is 0 Å². The number of furan rings is 1. The number of nitrogens with one attached hydrogen (secondary N) is 2. The van der Waals surface area contributed by atoms with Crippen LogP contribution in [-0.2, 0) is 16.6 Å². The molecule has 7 heteroatoms. The summed E-state index contributed by atoms with van der Waals surface area (Å²) in [5.41, 5.74) is 1.39. The Bertz CT molecular complexity index is 754. The summed E-state index contributed by atoms with van der Waals surface area (Å²) in [7, 11) is -1.90. The Morgan fingerprint density at radius 2 is 1.95 bits per heavy atom. The number of benzene rings is 1. The summed E-state index contributed by atoms with van der Waals surface area (Å²) in [6, 6.07) is 6.98. The molecule has 0 amide bonds. The van der Waals surface area contributed by atoms with Crippen LogP contribution in [0.5, 0.6) is 0 Å². The van der Waals surface area contributed by atoms with Crippen LogP contribution in [0.2, 0.25) is 0 Å². The van der Waals surface area contributed by atoms with Gasteiger partial charge in [0.1, 0.15) is 16.4 Å². The Hall–Kier alpha value is -1.31. The first kappa shape index (κ1) is 16.1. The Labute approximate surface area is 132 Å². The molecule has 0 aliphatic heterocycles. The number of hydrogen-bond donors (Lipinski definition) is 2. The van der Waals surface area contributed by atoms with E-state index in [1.165, 1.54) is 0 Å². The highest BCUT2D eigenvalue weighted by molar-refractivity contribution is 9.10. The lowest BCUT2D eigenvalue weighted by molar-refractivity contribution is 0.466. The van der Waals surface area contributed by atoms with E-state index in [-0.39, 0.29) is 4.90 Å². The summed E-state index contributed by atoms with van der Waals surface area (Å²) in [4.78, 5) is 0.159. The van der Waals surface area contributed by atoms with Crippen molar-refractivity contribution in [1.29, 1.82) is 0 Å². The van der Waals surface area contributed by atoms with Gasteiger partial charge in [-0.3, -0.25) is 4.72 Å². The zero-order chi connectivity index (χ0) is 15.6. The van der Waals surface area contributed by atoms with Gasteiger partial charge in [0, 0.05) is 10.5 Å².